The summed E-state index contributed by atoms with van der Waals surface area (Å²) in [5.41, 5.74) is 1.47. The molecule has 0 atom stereocenters. The molecule has 11 heavy (non-hydrogen) atoms. The van der Waals surface area contributed by atoms with Crippen LogP contribution in [0.15, 0.2) is 18.3 Å². The Morgan fingerprint density at radius 1 is 1.36 bits per heavy atom. The van der Waals surface area contributed by atoms with Gasteiger partial charge in [0.1, 0.15) is 0 Å². The maximum absolute atomic E-state index is 3.93. The number of pyridine rings is 1. The quantitative estimate of drug-likeness (QED) is 0.608. The van der Waals surface area contributed by atoms with Crippen LogP contribution in [0.5, 0.6) is 0 Å². The second-order valence-corrected chi connectivity index (χ2v) is 3.43. The average Bonchev–Trinajstić information content (AvgIpc) is 1.88. The predicted molar refractivity (Wildman–Crippen MR) is 41.8 cm³/mol. The van der Waals surface area contributed by atoms with Crippen molar-refractivity contribution in [2.24, 2.45) is 0 Å². The van der Waals surface area contributed by atoms with Gasteiger partial charge in [0, 0.05) is 0 Å². The van der Waals surface area contributed by atoms with Gasteiger partial charge in [-0.05, 0) is 5.41 Å². The molecule has 0 saturated carbocycles. The van der Waals surface area contributed by atoms with Gasteiger partial charge in [0.05, 0.1) is 0 Å². The maximum atomic E-state index is 3.93. The third-order valence-corrected chi connectivity index (χ3v) is 1.48. The molecule has 1 aromatic heterocycles. The van der Waals surface area contributed by atoms with Gasteiger partial charge in [-0.3, -0.25) is 0 Å². The Kier molecular flexibility index (Phi) is 2.35. The Hall–Kier alpha value is -1.85. The largest absolute Gasteiger partial charge is 0.394 e. The molecule has 0 N–H and O–H groups in total. The first kappa shape index (κ1) is 9.15. The number of nitrogens with zero attached hydrogens (tertiary/aromatic N) is 1. The zero-order valence-corrected chi connectivity index (χ0v) is 13.8. The van der Waals surface area contributed by atoms with E-state index in [9.17, 15) is 0 Å². The van der Waals surface area contributed by atoms with Crippen molar-refractivity contribution in [2.45, 2.75) is 26.2 Å². The predicted octanol–water partition coefficient (Wildman–Crippen LogP) is 2.18. The van der Waals surface area contributed by atoms with E-state index in [1.54, 1.807) is 0 Å². The molecule has 0 amide bonds. The van der Waals surface area contributed by atoms with Gasteiger partial charge >= 0.3 is 0 Å². The Bertz CT molecular complexity index is 201. The molecule has 1 heterocycles. The molecule has 56 valence electrons. The summed E-state index contributed by atoms with van der Waals surface area (Å²) in [7, 11) is 0. The van der Waals surface area contributed by atoms with Crippen LogP contribution < -0.4 is 0 Å². The van der Waals surface area contributed by atoms with Crippen LogP contribution in [0.3, 0.4) is 0 Å². The molecule has 0 aliphatic carbocycles. The third kappa shape index (κ3) is 2.09. The summed E-state index contributed by atoms with van der Waals surface area (Å²) >= 11 is 0. The summed E-state index contributed by atoms with van der Waals surface area (Å²) < 4.78 is 0. The Labute approximate surface area is 62.1 Å². The number of hydrogen-bond donors (Lipinski definition) is 0. The SMILES string of the molecule is CC(C)(C)c1cc[c-]nc1.[Rf]. The molecule has 0 aromatic carbocycles. The topological polar surface area (TPSA) is 12.9 Å². The van der Waals surface area contributed by atoms with Gasteiger partial charge in [-0.15, -0.1) is 5.56 Å². The molecule has 0 radical (unpaired) electrons. The van der Waals surface area contributed by atoms with Gasteiger partial charge in [-0.2, -0.15) is 12.1 Å². The van der Waals surface area contributed by atoms with Crippen molar-refractivity contribution in [2.75, 3.05) is 0 Å². The van der Waals surface area contributed by atoms with E-state index in [1.165, 1.54) is 5.56 Å². The van der Waals surface area contributed by atoms with Crippen LogP contribution in [0, 0.1) is 6.20 Å². The molecule has 0 unspecified atom stereocenters. The summed E-state index contributed by atoms with van der Waals surface area (Å²) in [6.45, 7) is 6.51. The van der Waals surface area contributed by atoms with Crippen molar-refractivity contribution >= 4 is 0 Å². The molecular weight excluding hydrogens is 389 g/mol. The molecule has 1 nitrogen and oxygen atoms in total. The van der Waals surface area contributed by atoms with E-state index >= 15 is 0 Å². The van der Waals surface area contributed by atoms with Crippen molar-refractivity contribution in [3.05, 3.63) is 30.1 Å². The van der Waals surface area contributed by atoms with Crippen LogP contribution >= 0.6 is 0 Å². The molecule has 2 heteroatoms. The van der Waals surface area contributed by atoms with E-state index in [2.05, 4.69) is 32.0 Å². The Balaban J connectivity index is 0.000001000. The summed E-state index contributed by atoms with van der Waals surface area (Å²) in [6.07, 6.45) is 4.62. The van der Waals surface area contributed by atoms with Crippen LogP contribution in [-0.2, 0) is 5.41 Å². The fourth-order valence-corrected chi connectivity index (χ4v) is 0.764. The molecule has 1 rings (SSSR count). The molecule has 0 fully saturated rings. The summed E-state index contributed by atoms with van der Waals surface area (Å²) in [4.78, 5) is 3.93. The van der Waals surface area contributed by atoms with E-state index in [0.717, 1.165) is 0 Å². The second kappa shape index (κ2) is 2.82. The van der Waals surface area contributed by atoms with Gasteiger partial charge in [0.2, 0.25) is 0 Å². The van der Waals surface area contributed by atoms with Crippen LogP contribution in [0.2, 0.25) is 0 Å². The standard InChI is InChI=1S/C9H12N.Rf/c1-9(2,3)8-5-4-6-10-7-8;/h4-5,7H,1-3H3;/q-1;. The van der Waals surface area contributed by atoms with Gasteiger partial charge in [0.25, 0.3) is 0 Å². The van der Waals surface area contributed by atoms with Crippen LogP contribution in [0.1, 0.15) is 26.3 Å². The Morgan fingerprint density at radius 2 is 2.00 bits per heavy atom. The normalized spacial score (nSPS) is 10.5. The molecule has 1 aromatic rings. The first-order valence-electron chi connectivity index (χ1n) is 3.43. The van der Waals surface area contributed by atoms with Crippen molar-refractivity contribution < 1.29 is 0 Å². The van der Waals surface area contributed by atoms with E-state index < -0.39 is 0 Å². The fourth-order valence-electron chi connectivity index (χ4n) is 0.764. The third-order valence-electron chi connectivity index (χ3n) is 1.48. The summed E-state index contributed by atoms with van der Waals surface area (Å²) in [5, 5.41) is 0. The minimum absolute atomic E-state index is 0. The fraction of sp³-hybridized carbons (Fsp3) is 0.444. The van der Waals surface area contributed by atoms with Crippen molar-refractivity contribution in [3.8, 4) is 0 Å². The second-order valence-electron chi connectivity index (χ2n) is 3.43. The maximum Gasteiger partial charge on any atom is 0 e. The first-order valence-corrected chi connectivity index (χ1v) is 3.43. The van der Waals surface area contributed by atoms with Crippen molar-refractivity contribution in [1.29, 1.82) is 0 Å². The number of aromatic nitrogens is 1. The van der Waals surface area contributed by atoms with Gasteiger partial charge in [0.15, 0.2) is 0 Å². The zero-order chi connectivity index (χ0) is 7.61. The van der Waals surface area contributed by atoms with Crippen molar-refractivity contribution in [3.63, 3.8) is 0 Å². The Morgan fingerprint density at radius 3 is 2.27 bits per heavy atom. The molecule has 0 spiro atoms. The molecule has 0 aliphatic rings. The van der Waals surface area contributed by atoms with E-state index in [-0.39, 0.29) is 5.41 Å². The van der Waals surface area contributed by atoms with Gasteiger partial charge in [-0.1, -0.05) is 33.2 Å². The van der Waals surface area contributed by atoms with Crippen LogP contribution in [0.25, 0.3) is 0 Å². The molecule has 0 saturated heterocycles. The summed E-state index contributed by atoms with van der Waals surface area (Å²) in [6, 6.07) is 3.90. The number of rotatable bonds is 0. The average molecular weight is 401 g/mol. The van der Waals surface area contributed by atoms with Gasteiger partial charge < -0.3 is 4.98 Å². The smallest absolute Gasteiger partial charge is 0 e. The zero-order valence-electron chi connectivity index (χ0n) is 7.39. The molecule has 0 bridgehead atoms. The molecule has 0 aliphatic heterocycles. The van der Waals surface area contributed by atoms with E-state index in [0.29, 0.717) is 0 Å². The summed E-state index contributed by atoms with van der Waals surface area (Å²) in [5.74, 6) is 0. The first-order chi connectivity index (χ1) is 4.61. The number of hydrogen-bond acceptors (Lipinski definition) is 1. The van der Waals surface area contributed by atoms with E-state index in [1.807, 2.05) is 18.3 Å². The van der Waals surface area contributed by atoms with Gasteiger partial charge in [-0.25, -0.2) is 0 Å². The molecular formula is C9H12NRf-. The monoisotopic (exact) mass is 401 g/mol. The van der Waals surface area contributed by atoms with Crippen LogP contribution in [-0.4, -0.2) is 4.98 Å². The van der Waals surface area contributed by atoms with E-state index in [4.69, 9.17) is 0 Å². The van der Waals surface area contributed by atoms with Crippen LogP contribution in [0.4, 0.5) is 0 Å². The van der Waals surface area contributed by atoms with Crippen molar-refractivity contribution in [1.82, 2.24) is 4.98 Å². The minimum atomic E-state index is 0. The minimum Gasteiger partial charge on any atom is -0.394 e.